The normalized spacial score (nSPS) is 15.1. The van der Waals surface area contributed by atoms with Crippen LogP contribution < -0.4 is 0 Å². The van der Waals surface area contributed by atoms with E-state index in [1.54, 1.807) is 0 Å². The van der Waals surface area contributed by atoms with Crippen molar-refractivity contribution in [2.24, 2.45) is 0 Å². The fourth-order valence-electron chi connectivity index (χ4n) is 1.69. The largest absolute Gasteiger partial charge is 0.0884 e. The maximum Gasteiger partial charge on any atom is 0.0211 e. The summed E-state index contributed by atoms with van der Waals surface area (Å²) in [6.07, 6.45) is 2.49. The lowest BCUT2D eigenvalue weighted by atomic mass is 9.94. The third-order valence-corrected chi connectivity index (χ3v) is 3.93. The Morgan fingerprint density at radius 3 is 2.64 bits per heavy atom. The molecule has 0 heterocycles. The van der Waals surface area contributed by atoms with Crippen LogP contribution in [0.4, 0.5) is 0 Å². The standard InChI is InChI=1S/C13H19Br/c1-4-6-13(14)11(3)12-8-5-7-10(2)9-12/h5,7-9,11,13H,4,6H2,1-3H3. The molecule has 0 bridgehead atoms. The molecule has 0 radical (unpaired) electrons. The van der Waals surface area contributed by atoms with Crippen LogP contribution in [-0.4, -0.2) is 4.83 Å². The smallest absolute Gasteiger partial charge is 0.0211 e. The average molecular weight is 255 g/mol. The molecular formula is C13H19Br. The highest BCUT2D eigenvalue weighted by Crippen LogP contribution is 2.28. The lowest BCUT2D eigenvalue weighted by Gasteiger charge is -2.18. The van der Waals surface area contributed by atoms with Crippen molar-refractivity contribution < 1.29 is 0 Å². The van der Waals surface area contributed by atoms with Crippen molar-refractivity contribution in [3.8, 4) is 0 Å². The fraction of sp³-hybridized carbons (Fsp3) is 0.538. The second-order valence-electron chi connectivity index (χ2n) is 4.01. The number of benzene rings is 1. The number of hydrogen-bond acceptors (Lipinski definition) is 0. The molecule has 0 spiro atoms. The Labute approximate surface area is 95.9 Å². The number of halogens is 1. The molecule has 1 heteroatoms. The first-order valence-electron chi connectivity index (χ1n) is 5.35. The van der Waals surface area contributed by atoms with Gasteiger partial charge >= 0.3 is 0 Å². The van der Waals surface area contributed by atoms with E-state index in [0.717, 1.165) is 0 Å². The van der Waals surface area contributed by atoms with Crippen LogP contribution in [-0.2, 0) is 0 Å². The molecule has 0 N–H and O–H groups in total. The van der Waals surface area contributed by atoms with Gasteiger partial charge in [0.25, 0.3) is 0 Å². The molecule has 0 fully saturated rings. The predicted molar refractivity (Wildman–Crippen MR) is 67.2 cm³/mol. The Bertz CT molecular complexity index is 280. The van der Waals surface area contributed by atoms with Crippen molar-refractivity contribution in [2.45, 2.75) is 44.4 Å². The van der Waals surface area contributed by atoms with Crippen molar-refractivity contribution in [3.05, 3.63) is 35.4 Å². The molecule has 1 rings (SSSR count). The molecule has 0 aliphatic heterocycles. The minimum absolute atomic E-state index is 0.606. The van der Waals surface area contributed by atoms with E-state index in [9.17, 15) is 0 Å². The first-order chi connectivity index (χ1) is 6.65. The molecule has 0 saturated carbocycles. The van der Waals surface area contributed by atoms with Gasteiger partial charge in [0.2, 0.25) is 0 Å². The first kappa shape index (κ1) is 11.8. The molecule has 0 aliphatic rings. The number of rotatable bonds is 4. The molecule has 78 valence electrons. The summed E-state index contributed by atoms with van der Waals surface area (Å²) >= 11 is 3.76. The monoisotopic (exact) mass is 254 g/mol. The van der Waals surface area contributed by atoms with E-state index < -0.39 is 0 Å². The van der Waals surface area contributed by atoms with E-state index in [-0.39, 0.29) is 0 Å². The molecule has 1 aromatic carbocycles. The van der Waals surface area contributed by atoms with E-state index in [2.05, 4.69) is 61.0 Å². The second kappa shape index (κ2) is 5.55. The summed E-state index contributed by atoms with van der Waals surface area (Å²) in [7, 11) is 0. The minimum Gasteiger partial charge on any atom is -0.0884 e. The van der Waals surface area contributed by atoms with E-state index in [1.165, 1.54) is 24.0 Å². The molecule has 0 aliphatic carbocycles. The topological polar surface area (TPSA) is 0 Å². The average Bonchev–Trinajstić information content (AvgIpc) is 2.17. The van der Waals surface area contributed by atoms with Gasteiger partial charge in [-0.05, 0) is 24.8 Å². The predicted octanol–water partition coefficient (Wildman–Crippen LogP) is 4.66. The molecule has 0 nitrogen and oxygen atoms in total. The van der Waals surface area contributed by atoms with Crippen molar-refractivity contribution in [1.29, 1.82) is 0 Å². The maximum absolute atomic E-state index is 3.76. The zero-order chi connectivity index (χ0) is 10.6. The summed E-state index contributed by atoms with van der Waals surface area (Å²) in [6.45, 7) is 6.68. The van der Waals surface area contributed by atoms with E-state index >= 15 is 0 Å². The van der Waals surface area contributed by atoms with Gasteiger partial charge in [-0.25, -0.2) is 0 Å². The van der Waals surface area contributed by atoms with Crippen LogP contribution in [0.25, 0.3) is 0 Å². The Hall–Kier alpha value is -0.300. The summed E-state index contributed by atoms with van der Waals surface area (Å²) in [6, 6.07) is 8.81. The molecule has 2 unspecified atom stereocenters. The van der Waals surface area contributed by atoms with Crippen molar-refractivity contribution in [1.82, 2.24) is 0 Å². The molecule has 0 aromatic heterocycles. The van der Waals surface area contributed by atoms with Gasteiger partial charge in [0.05, 0.1) is 0 Å². The Morgan fingerprint density at radius 1 is 1.36 bits per heavy atom. The number of hydrogen-bond donors (Lipinski definition) is 0. The van der Waals surface area contributed by atoms with Crippen molar-refractivity contribution >= 4 is 15.9 Å². The van der Waals surface area contributed by atoms with Crippen LogP contribution >= 0.6 is 15.9 Å². The molecule has 1 aromatic rings. The fourth-order valence-corrected chi connectivity index (χ4v) is 2.45. The molecule has 2 atom stereocenters. The van der Waals surface area contributed by atoms with Crippen molar-refractivity contribution in [3.63, 3.8) is 0 Å². The van der Waals surface area contributed by atoms with Crippen LogP contribution in [0.15, 0.2) is 24.3 Å². The summed E-state index contributed by atoms with van der Waals surface area (Å²) in [5.41, 5.74) is 2.80. The van der Waals surface area contributed by atoms with Crippen LogP contribution in [0, 0.1) is 6.92 Å². The SMILES string of the molecule is CCCC(Br)C(C)c1cccc(C)c1. The number of alkyl halides is 1. The first-order valence-corrected chi connectivity index (χ1v) is 6.27. The van der Waals surface area contributed by atoms with Gasteiger partial charge in [0, 0.05) is 4.83 Å². The van der Waals surface area contributed by atoms with Crippen LogP contribution in [0.5, 0.6) is 0 Å². The second-order valence-corrected chi connectivity index (χ2v) is 5.18. The van der Waals surface area contributed by atoms with Gasteiger partial charge in [0.1, 0.15) is 0 Å². The minimum atomic E-state index is 0.606. The zero-order valence-electron chi connectivity index (χ0n) is 9.26. The lowest BCUT2D eigenvalue weighted by Crippen LogP contribution is -2.08. The Balaban J connectivity index is 2.73. The summed E-state index contributed by atoms with van der Waals surface area (Å²) < 4.78 is 0. The van der Waals surface area contributed by atoms with Crippen molar-refractivity contribution in [2.75, 3.05) is 0 Å². The third kappa shape index (κ3) is 3.13. The highest BCUT2D eigenvalue weighted by atomic mass is 79.9. The van der Waals surface area contributed by atoms with E-state index in [0.29, 0.717) is 10.7 Å². The van der Waals surface area contributed by atoms with E-state index in [1.807, 2.05) is 0 Å². The van der Waals surface area contributed by atoms with Gasteiger partial charge in [-0.3, -0.25) is 0 Å². The highest BCUT2D eigenvalue weighted by Gasteiger charge is 2.14. The number of aryl methyl sites for hydroxylation is 1. The van der Waals surface area contributed by atoms with Gasteiger partial charge < -0.3 is 0 Å². The molecule has 0 saturated heterocycles. The maximum atomic E-state index is 3.76. The Morgan fingerprint density at radius 2 is 2.07 bits per heavy atom. The van der Waals surface area contributed by atoms with Crippen LogP contribution in [0.3, 0.4) is 0 Å². The van der Waals surface area contributed by atoms with Gasteiger partial charge in [-0.2, -0.15) is 0 Å². The van der Waals surface area contributed by atoms with Crippen LogP contribution in [0.2, 0.25) is 0 Å². The molecule has 14 heavy (non-hydrogen) atoms. The van der Waals surface area contributed by atoms with Gasteiger partial charge in [-0.15, -0.1) is 0 Å². The van der Waals surface area contributed by atoms with Gasteiger partial charge in [-0.1, -0.05) is 66.0 Å². The molecule has 0 amide bonds. The Kier molecular flexibility index (Phi) is 4.67. The quantitative estimate of drug-likeness (QED) is 0.686. The lowest BCUT2D eigenvalue weighted by molar-refractivity contribution is 0.651. The van der Waals surface area contributed by atoms with Crippen LogP contribution in [0.1, 0.15) is 43.7 Å². The molecular weight excluding hydrogens is 236 g/mol. The summed E-state index contributed by atoms with van der Waals surface area (Å²) in [4.78, 5) is 0.606. The van der Waals surface area contributed by atoms with E-state index in [4.69, 9.17) is 0 Å². The third-order valence-electron chi connectivity index (χ3n) is 2.67. The summed E-state index contributed by atoms with van der Waals surface area (Å²) in [5, 5.41) is 0. The van der Waals surface area contributed by atoms with Gasteiger partial charge in [0.15, 0.2) is 0 Å². The summed E-state index contributed by atoms with van der Waals surface area (Å²) in [5.74, 6) is 0.606. The highest BCUT2D eigenvalue weighted by molar-refractivity contribution is 9.09. The zero-order valence-corrected chi connectivity index (χ0v) is 10.8.